The van der Waals surface area contributed by atoms with Crippen molar-refractivity contribution >= 4 is 33.6 Å². The van der Waals surface area contributed by atoms with Crippen molar-refractivity contribution in [2.75, 3.05) is 23.9 Å². The topological polar surface area (TPSA) is 88.1 Å². The molecule has 0 spiro atoms. The zero-order chi connectivity index (χ0) is 18.0. The van der Waals surface area contributed by atoms with Gasteiger partial charge in [-0.1, -0.05) is 18.2 Å². The summed E-state index contributed by atoms with van der Waals surface area (Å²) < 4.78 is 32.9. The smallest absolute Gasteiger partial charge is 0.285 e. The largest absolute Gasteiger partial charge is 0.495 e. The Morgan fingerprint density at radius 1 is 1.24 bits per heavy atom. The fourth-order valence-electron chi connectivity index (χ4n) is 2.53. The van der Waals surface area contributed by atoms with Crippen LogP contribution in [0.15, 0.2) is 51.8 Å². The Bertz CT molecular complexity index is 954. The van der Waals surface area contributed by atoms with Crippen molar-refractivity contribution in [2.45, 2.75) is 11.8 Å². The van der Waals surface area contributed by atoms with E-state index in [1.165, 1.54) is 24.4 Å². The van der Waals surface area contributed by atoms with Gasteiger partial charge in [-0.15, -0.1) is 4.40 Å². The minimum Gasteiger partial charge on any atom is -0.495 e. The molecule has 1 aliphatic rings. The molecule has 0 saturated carbocycles. The highest BCUT2D eigenvalue weighted by atomic mass is 32.2. The zero-order valence-electron chi connectivity index (χ0n) is 13.8. The molecule has 0 aromatic heterocycles. The molecule has 8 heteroatoms. The molecule has 1 N–H and O–H groups in total. The standard InChI is InChI=1S/C17H17N3O4S/c1-12-7-8-16-14(9-12)20(11-18-25(16,22)23)10-17(21)19-13-5-3-4-6-15(13)24-2/h3-9,11H,10H2,1-2H3,(H,19,21). The lowest BCUT2D eigenvalue weighted by molar-refractivity contribution is -0.114. The molecule has 2 aromatic carbocycles. The molecule has 1 aliphatic heterocycles. The SMILES string of the molecule is COc1ccccc1NC(=O)CN1C=NS(=O)(=O)c2ccc(C)cc21. The maximum atomic E-state index is 12.4. The van der Waals surface area contributed by atoms with E-state index in [1.54, 1.807) is 36.4 Å². The van der Waals surface area contributed by atoms with Crippen molar-refractivity contribution in [1.82, 2.24) is 0 Å². The summed E-state index contributed by atoms with van der Waals surface area (Å²) in [6, 6.07) is 12.0. The number of aryl methyl sites for hydroxylation is 1. The predicted molar refractivity (Wildman–Crippen MR) is 95.8 cm³/mol. The van der Waals surface area contributed by atoms with Gasteiger partial charge in [-0.25, -0.2) is 0 Å². The van der Waals surface area contributed by atoms with E-state index in [0.29, 0.717) is 17.1 Å². The fourth-order valence-corrected chi connectivity index (χ4v) is 3.56. The summed E-state index contributed by atoms with van der Waals surface area (Å²) in [7, 11) is -2.20. The van der Waals surface area contributed by atoms with Crippen LogP contribution in [0.4, 0.5) is 11.4 Å². The summed E-state index contributed by atoms with van der Waals surface area (Å²) >= 11 is 0. The molecule has 1 amide bonds. The van der Waals surface area contributed by atoms with Gasteiger partial charge in [-0.05, 0) is 36.8 Å². The summed E-state index contributed by atoms with van der Waals surface area (Å²) in [6.45, 7) is 1.78. The Morgan fingerprint density at radius 2 is 2.00 bits per heavy atom. The van der Waals surface area contributed by atoms with Crippen LogP contribution in [0.2, 0.25) is 0 Å². The van der Waals surface area contributed by atoms with Crippen LogP contribution in [0, 0.1) is 6.92 Å². The first kappa shape index (κ1) is 17.0. The third-order valence-corrected chi connectivity index (χ3v) is 4.99. The molecule has 3 rings (SSSR count). The Balaban J connectivity index is 1.84. The van der Waals surface area contributed by atoms with E-state index in [4.69, 9.17) is 4.74 Å². The van der Waals surface area contributed by atoms with Crippen molar-refractivity contribution < 1.29 is 17.9 Å². The monoisotopic (exact) mass is 359 g/mol. The number of anilines is 2. The first-order valence-corrected chi connectivity index (χ1v) is 8.95. The Morgan fingerprint density at radius 3 is 2.76 bits per heavy atom. The molecule has 0 bridgehead atoms. The Hall–Kier alpha value is -2.87. The van der Waals surface area contributed by atoms with Crippen LogP contribution in [0.25, 0.3) is 0 Å². The van der Waals surface area contributed by atoms with Gasteiger partial charge in [0.25, 0.3) is 10.0 Å². The molecule has 0 unspecified atom stereocenters. The van der Waals surface area contributed by atoms with Crippen LogP contribution >= 0.6 is 0 Å². The highest BCUT2D eigenvalue weighted by molar-refractivity contribution is 7.90. The number of hydrogen-bond acceptors (Lipinski definition) is 5. The lowest BCUT2D eigenvalue weighted by Gasteiger charge is -2.25. The average Bonchev–Trinajstić information content (AvgIpc) is 2.58. The van der Waals surface area contributed by atoms with Crippen molar-refractivity contribution in [2.24, 2.45) is 4.40 Å². The van der Waals surface area contributed by atoms with Crippen LogP contribution in [0.1, 0.15) is 5.56 Å². The summed E-state index contributed by atoms with van der Waals surface area (Å²) in [6.07, 6.45) is 1.17. The number of carbonyl (C=O) groups excluding carboxylic acids is 1. The van der Waals surface area contributed by atoms with Gasteiger partial charge in [0.1, 0.15) is 23.5 Å². The molecule has 130 valence electrons. The van der Waals surface area contributed by atoms with Gasteiger partial charge in [0.2, 0.25) is 5.91 Å². The quantitative estimate of drug-likeness (QED) is 0.904. The minimum atomic E-state index is -3.72. The molecule has 0 fully saturated rings. The number of carbonyl (C=O) groups is 1. The average molecular weight is 359 g/mol. The number of hydrogen-bond donors (Lipinski definition) is 1. The number of benzene rings is 2. The second-order valence-electron chi connectivity index (χ2n) is 5.54. The molecule has 0 aliphatic carbocycles. The number of nitrogens with one attached hydrogen (secondary N) is 1. The Kier molecular flexibility index (Phi) is 4.45. The molecule has 2 aromatic rings. The normalized spacial score (nSPS) is 14.7. The molecular weight excluding hydrogens is 342 g/mol. The van der Waals surface area contributed by atoms with Gasteiger partial charge >= 0.3 is 0 Å². The summed E-state index contributed by atoms with van der Waals surface area (Å²) in [5, 5.41) is 2.76. The number of methoxy groups -OCH3 is 1. The molecule has 25 heavy (non-hydrogen) atoms. The number of sulfonamides is 1. The van der Waals surface area contributed by atoms with Crippen LogP contribution in [0.5, 0.6) is 5.75 Å². The van der Waals surface area contributed by atoms with Gasteiger partial charge in [-0.2, -0.15) is 8.42 Å². The van der Waals surface area contributed by atoms with Gasteiger partial charge in [-0.3, -0.25) is 4.79 Å². The van der Waals surface area contributed by atoms with Crippen LogP contribution in [-0.2, 0) is 14.8 Å². The lowest BCUT2D eigenvalue weighted by atomic mass is 10.2. The van der Waals surface area contributed by atoms with E-state index >= 15 is 0 Å². The van der Waals surface area contributed by atoms with Crippen LogP contribution in [0.3, 0.4) is 0 Å². The van der Waals surface area contributed by atoms with Crippen LogP contribution in [-0.4, -0.2) is 34.3 Å². The van der Waals surface area contributed by atoms with Gasteiger partial charge < -0.3 is 15.0 Å². The molecule has 0 saturated heterocycles. The second-order valence-corrected chi connectivity index (χ2v) is 7.14. The molecule has 0 radical (unpaired) electrons. The Labute approximate surface area is 146 Å². The number of para-hydroxylation sites is 2. The molecule has 1 heterocycles. The van der Waals surface area contributed by atoms with E-state index in [9.17, 15) is 13.2 Å². The third kappa shape index (κ3) is 3.48. The summed E-state index contributed by atoms with van der Waals surface area (Å²) in [5.74, 6) is 0.227. The highest BCUT2D eigenvalue weighted by Gasteiger charge is 2.26. The third-order valence-electron chi connectivity index (χ3n) is 3.72. The van der Waals surface area contributed by atoms with Crippen molar-refractivity contribution in [3.63, 3.8) is 0 Å². The number of amides is 1. The lowest BCUT2D eigenvalue weighted by Crippen LogP contribution is -2.35. The first-order chi connectivity index (χ1) is 11.9. The highest BCUT2D eigenvalue weighted by Crippen LogP contribution is 2.30. The minimum absolute atomic E-state index is 0.0759. The van der Waals surface area contributed by atoms with Crippen molar-refractivity contribution in [1.29, 1.82) is 0 Å². The maximum absolute atomic E-state index is 12.4. The van der Waals surface area contributed by atoms with Crippen molar-refractivity contribution in [3.05, 3.63) is 48.0 Å². The number of nitrogens with zero attached hydrogens (tertiary/aromatic N) is 2. The number of fused-ring (bicyclic) bond motifs is 1. The first-order valence-electron chi connectivity index (χ1n) is 7.51. The van der Waals surface area contributed by atoms with E-state index < -0.39 is 10.0 Å². The van der Waals surface area contributed by atoms with Gasteiger partial charge in [0.15, 0.2) is 0 Å². The summed E-state index contributed by atoms with van der Waals surface area (Å²) in [4.78, 5) is 14.0. The van der Waals surface area contributed by atoms with Gasteiger partial charge in [0, 0.05) is 0 Å². The molecule has 7 nitrogen and oxygen atoms in total. The molecular formula is C17H17N3O4S. The van der Waals surface area contributed by atoms with Crippen LogP contribution < -0.4 is 15.0 Å². The number of ether oxygens (including phenoxy) is 1. The second kappa shape index (κ2) is 6.56. The van der Waals surface area contributed by atoms with E-state index in [0.717, 1.165) is 5.56 Å². The number of rotatable bonds is 4. The van der Waals surface area contributed by atoms with E-state index in [1.807, 2.05) is 6.92 Å². The predicted octanol–water partition coefficient (Wildman–Crippen LogP) is 2.18. The zero-order valence-corrected chi connectivity index (χ0v) is 14.6. The van der Waals surface area contributed by atoms with Crippen molar-refractivity contribution in [3.8, 4) is 5.75 Å². The fraction of sp³-hybridized carbons (Fsp3) is 0.176. The summed E-state index contributed by atoms with van der Waals surface area (Å²) in [5.41, 5.74) is 1.87. The molecule has 0 atom stereocenters. The van der Waals surface area contributed by atoms with Gasteiger partial charge in [0.05, 0.1) is 18.5 Å². The maximum Gasteiger partial charge on any atom is 0.285 e. The van der Waals surface area contributed by atoms with E-state index in [2.05, 4.69) is 9.71 Å². The van der Waals surface area contributed by atoms with E-state index in [-0.39, 0.29) is 17.3 Å².